The summed E-state index contributed by atoms with van der Waals surface area (Å²) in [5.74, 6) is -0.281. The number of carbonyl (C=O) groups excluding carboxylic acids is 1. The monoisotopic (exact) mass is 258 g/mol. The van der Waals surface area contributed by atoms with Gasteiger partial charge in [0.05, 0.1) is 26.7 Å². The molecule has 18 heavy (non-hydrogen) atoms. The topological polar surface area (TPSA) is 46.5 Å². The average Bonchev–Trinajstić information content (AvgIpc) is 2.35. The third kappa shape index (κ3) is 7.45. The highest BCUT2D eigenvalue weighted by Crippen LogP contribution is 2.07. The van der Waals surface area contributed by atoms with E-state index in [9.17, 15) is 9.90 Å². The standard InChI is InChI=1S/C14H28NO3/c1-5-9-14(17)18-11-8-10-15(4,7-3)12-13(16)6-2/h5,9,13,16H,6-8,10-12H2,1-4H3/q+1. The van der Waals surface area contributed by atoms with Crippen molar-refractivity contribution < 1.29 is 19.1 Å². The first-order valence-electron chi connectivity index (χ1n) is 6.78. The first-order valence-corrected chi connectivity index (χ1v) is 6.78. The summed E-state index contributed by atoms with van der Waals surface area (Å²) in [4.78, 5) is 11.1. The van der Waals surface area contributed by atoms with Crippen LogP contribution in [0.5, 0.6) is 0 Å². The van der Waals surface area contributed by atoms with Gasteiger partial charge in [0.2, 0.25) is 0 Å². The Kier molecular flexibility index (Phi) is 8.67. The number of rotatable bonds is 9. The molecule has 0 amide bonds. The smallest absolute Gasteiger partial charge is 0.330 e. The molecule has 2 unspecified atom stereocenters. The normalized spacial score (nSPS) is 16.5. The quantitative estimate of drug-likeness (QED) is 0.296. The molecule has 0 saturated carbocycles. The van der Waals surface area contributed by atoms with Crippen LogP contribution >= 0.6 is 0 Å². The molecule has 0 aliphatic carbocycles. The lowest BCUT2D eigenvalue weighted by molar-refractivity contribution is -0.911. The molecule has 0 aromatic carbocycles. The van der Waals surface area contributed by atoms with Crippen molar-refractivity contribution in [2.45, 2.75) is 39.7 Å². The summed E-state index contributed by atoms with van der Waals surface area (Å²) < 4.78 is 5.87. The number of hydrogen-bond donors (Lipinski definition) is 1. The van der Waals surface area contributed by atoms with E-state index in [0.717, 1.165) is 37.0 Å². The number of carbonyl (C=O) groups is 1. The maximum Gasteiger partial charge on any atom is 0.330 e. The van der Waals surface area contributed by atoms with E-state index >= 15 is 0 Å². The Morgan fingerprint density at radius 2 is 2.11 bits per heavy atom. The first-order chi connectivity index (χ1) is 8.47. The Hall–Kier alpha value is -0.870. The number of likely N-dealkylation sites (N-methyl/N-ethyl adjacent to an activating group) is 1. The van der Waals surface area contributed by atoms with Crippen LogP contribution in [0.1, 0.15) is 33.6 Å². The van der Waals surface area contributed by atoms with Crippen LogP contribution in [-0.4, -0.2) is 55.0 Å². The fraction of sp³-hybridized carbons (Fsp3) is 0.786. The zero-order chi connectivity index (χ0) is 14.0. The third-order valence-corrected chi connectivity index (χ3v) is 3.28. The average molecular weight is 258 g/mol. The van der Waals surface area contributed by atoms with Gasteiger partial charge in [-0.3, -0.25) is 0 Å². The minimum atomic E-state index is -0.281. The molecule has 0 bridgehead atoms. The van der Waals surface area contributed by atoms with Crippen LogP contribution in [0.3, 0.4) is 0 Å². The maximum atomic E-state index is 11.1. The van der Waals surface area contributed by atoms with E-state index in [2.05, 4.69) is 14.0 Å². The van der Waals surface area contributed by atoms with Crippen LogP contribution in [0.25, 0.3) is 0 Å². The van der Waals surface area contributed by atoms with Gasteiger partial charge < -0.3 is 14.3 Å². The Balaban J connectivity index is 3.96. The van der Waals surface area contributed by atoms with Crippen LogP contribution in [0, 0.1) is 0 Å². The van der Waals surface area contributed by atoms with E-state index < -0.39 is 0 Å². The SMILES string of the molecule is CC=CC(=O)OCCC[N+](C)(CC)CC(O)CC. The molecule has 1 N–H and O–H groups in total. The second kappa shape index (κ2) is 9.11. The van der Waals surface area contributed by atoms with Gasteiger partial charge >= 0.3 is 5.97 Å². The fourth-order valence-corrected chi connectivity index (χ4v) is 1.82. The van der Waals surface area contributed by atoms with E-state index in [1.54, 1.807) is 13.0 Å². The van der Waals surface area contributed by atoms with Crippen LogP contribution in [0.15, 0.2) is 12.2 Å². The molecule has 106 valence electrons. The molecule has 0 aliphatic rings. The second-order valence-corrected chi connectivity index (χ2v) is 4.93. The lowest BCUT2D eigenvalue weighted by Gasteiger charge is -2.35. The molecule has 0 radical (unpaired) electrons. The number of esters is 1. The molecular formula is C14H28NO3+. The highest BCUT2D eigenvalue weighted by atomic mass is 16.5. The largest absolute Gasteiger partial charge is 0.462 e. The van der Waals surface area contributed by atoms with Gasteiger partial charge in [-0.25, -0.2) is 4.79 Å². The molecule has 0 saturated heterocycles. The van der Waals surface area contributed by atoms with E-state index in [-0.39, 0.29) is 12.1 Å². The molecule has 2 atom stereocenters. The number of ether oxygens (including phenoxy) is 1. The first kappa shape index (κ1) is 17.1. The van der Waals surface area contributed by atoms with E-state index in [1.165, 1.54) is 6.08 Å². The van der Waals surface area contributed by atoms with Gasteiger partial charge in [0.1, 0.15) is 12.6 Å². The molecule has 4 nitrogen and oxygen atoms in total. The van der Waals surface area contributed by atoms with Crippen molar-refractivity contribution in [2.75, 3.05) is 33.3 Å². The Morgan fingerprint density at radius 3 is 2.61 bits per heavy atom. The molecule has 0 aromatic heterocycles. The second-order valence-electron chi connectivity index (χ2n) is 4.93. The summed E-state index contributed by atoms with van der Waals surface area (Å²) in [5.41, 5.74) is 0. The van der Waals surface area contributed by atoms with Crippen molar-refractivity contribution in [3.05, 3.63) is 12.2 Å². The van der Waals surface area contributed by atoms with Crippen molar-refractivity contribution in [1.82, 2.24) is 0 Å². The van der Waals surface area contributed by atoms with Crippen molar-refractivity contribution in [3.63, 3.8) is 0 Å². The number of allylic oxidation sites excluding steroid dienone is 1. The Labute approximate surface area is 111 Å². The van der Waals surface area contributed by atoms with Gasteiger partial charge in [-0.05, 0) is 20.3 Å². The molecule has 0 spiro atoms. The predicted octanol–water partition coefficient (Wildman–Crippen LogP) is 1.73. The van der Waals surface area contributed by atoms with Crippen molar-refractivity contribution in [1.29, 1.82) is 0 Å². The van der Waals surface area contributed by atoms with E-state index in [0.29, 0.717) is 6.61 Å². The number of aliphatic hydroxyl groups excluding tert-OH is 1. The zero-order valence-corrected chi connectivity index (χ0v) is 12.2. The van der Waals surface area contributed by atoms with Crippen molar-refractivity contribution in [2.24, 2.45) is 0 Å². The summed E-state index contributed by atoms with van der Waals surface area (Å²) >= 11 is 0. The van der Waals surface area contributed by atoms with Crippen molar-refractivity contribution >= 4 is 5.97 Å². The lowest BCUT2D eigenvalue weighted by Crippen LogP contribution is -2.49. The molecule has 0 heterocycles. The van der Waals surface area contributed by atoms with Crippen LogP contribution in [0.4, 0.5) is 0 Å². The van der Waals surface area contributed by atoms with Gasteiger partial charge in [-0.1, -0.05) is 13.0 Å². The minimum Gasteiger partial charge on any atom is -0.462 e. The van der Waals surface area contributed by atoms with E-state index in [4.69, 9.17) is 4.74 Å². The molecule has 0 aromatic rings. The number of quaternary nitrogens is 1. The number of nitrogens with zero attached hydrogens (tertiary/aromatic N) is 1. The predicted molar refractivity (Wildman–Crippen MR) is 73.1 cm³/mol. The molecule has 4 heteroatoms. The van der Waals surface area contributed by atoms with Crippen molar-refractivity contribution in [3.8, 4) is 0 Å². The molecule has 0 aliphatic heterocycles. The summed E-state index contributed by atoms with van der Waals surface area (Å²) in [7, 11) is 2.13. The zero-order valence-electron chi connectivity index (χ0n) is 12.2. The Morgan fingerprint density at radius 1 is 1.44 bits per heavy atom. The Bertz CT molecular complexity index is 266. The summed E-state index contributed by atoms with van der Waals surface area (Å²) in [5, 5.41) is 9.73. The minimum absolute atomic E-state index is 0.250. The van der Waals surface area contributed by atoms with Gasteiger partial charge in [0, 0.05) is 12.5 Å². The summed E-state index contributed by atoms with van der Waals surface area (Å²) in [6.45, 7) is 8.99. The lowest BCUT2D eigenvalue weighted by atomic mass is 10.2. The van der Waals surface area contributed by atoms with Gasteiger partial charge in [0.15, 0.2) is 0 Å². The molecule has 0 rings (SSSR count). The fourth-order valence-electron chi connectivity index (χ4n) is 1.82. The number of hydrogen-bond acceptors (Lipinski definition) is 3. The maximum absolute atomic E-state index is 11.1. The van der Waals surface area contributed by atoms with Gasteiger partial charge in [0.25, 0.3) is 0 Å². The van der Waals surface area contributed by atoms with Gasteiger partial charge in [-0.15, -0.1) is 0 Å². The molecule has 0 fully saturated rings. The summed E-state index contributed by atoms with van der Waals surface area (Å²) in [6.07, 6.45) is 4.45. The third-order valence-electron chi connectivity index (χ3n) is 3.28. The number of aliphatic hydroxyl groups is 1. The van der Waals surface area contributed by atoms with E-state index in [1.807, 2.05) is 6.92 Å². The highest BCUT2D eigenvalue weighted by Gasteiger charge is 2.22. The summed E-state index contributed by atoms with van der Waals surface area (Å²) in [6, 6.07) is 0. The van der Waals surface area contributed by atoms with Crippen LogP contribution < -0.4 is 0 Å². The molecular weight excluding hydrogens is 230 g/mol. The van der Waals surface area contributed by atoms with Gasteiger partial charge in [-0.2, -0.15) is 0 Å². The van der Waals surface area contributed by atoms with Crippen LogP contribution in [-0.2, 0) is 9.53 Å². The highest BCUT2D eigenvalue weighted by molar-refractivity contribution is 5.81. The van der Waals surface area contributed by atoms with Crippen LogP contribution in [0.2, 0.25) is 0 Å².